The lowest BCUT2D eigenvalue weighted by atomic mass is 10.0. The van der Waals surface area contributed by atoms with Crippen LogP contribution in [0.4, 0.5) is 0 Å². The molecule has 6 nitrogen and oxygen atoms in total. The first-order valence-electron chi connectivity index (χ1n) is 10.4. The monoisotopic (exact) mass is 418 g/mol. The standard InChI is InChI=1S/C25H26N2O4/c1-30-20-15-19(16-21(17-20)31-2)24(28)26-11-6-12-27(14-13-26)25(29)23-10-5-8-18-7-3-4-9-22(18)23/h3-5,7-10,15-17H,6,11-14H2,1-2H3. The molecule has 1 heterocycles. The molecular formula is C25H26N2O4. The van der Waals surface area contributed by atoms with Gasteiger partial charge in [0.15, 0.2) is 0 Å². The number of methoxy groups -OCH3 is 2. The predicted octanol–water partition coefficient (Wildman–Crippen LogP) is 3.85. The van der Waals surface area contributed by atoms with Gasteiger partial charge in [0.05, 0.1) is 14.2 Å². The van der Waals surface area contributed by atoms with Gasteiger partial charge in [-0.15, -0.1) is 0 Å². The molecule has 160 valence electrons. The number of benzene rings is 3. The second-order valence-corrected chi connectivity index (χ2v) is 7.57. The van der Waals surface area contributed by atoms with Crippen molar-refractivity contribution in [3.8, 4) is 11.5 Å². The molecule has 3 aromatic rings. The van der Waals surface area contributed by atoms with E-state index in [1.54, 1.807) is 37.3 Å². The number of fused-ring (bicyclic) bond motifs is 1. The van der Waals surface area contributed by atoms with E-state index in [1.165, 1.54) is 0 Å². The van der Waals surface area contributed by atoms with Crippen molar-refractivity contribution in [2.75, 3.05) is 40.4 Å². The summed E-state index contributed by atoms with van der Waals surface area (Å²) in [6.07, 6.45) is 0.726. The van der Waals surface area contributed by atoms with Gasteiger partial charge in [0.2, 0.25) is 0 Å². The lowest BCUT2D eigenvalue weighted by Crippen LogP contribution is -2.37. The molecule has 0 spiro atoms. The second-order valence-electron chi connectivity index (χ2n) is 7.57. The number of ether oxygens (including phenoxy) is 2. The number of carbonyl (C=O) groups is 2. The molecule has 1 aliphatic rings. The van der Waals surface area contributed by atoms with Crippen molar-refractivity contribution in [3.63, 3.8) is 0 Å². The Morgan fingerprint density at radius 2 is 1.35 bits per heavy atom. The Labute approximate surface area is 182 Å². The van der Waals surface area contributed by atoms with Crippen LogP contribution in [0.25, 0.3) is 10.8 Å². The highest BCUT2D eigenvalue weighted by atomic mass is 16.5. The van der Waals surface area contributed by atoms with Gasteiger partial charge in [-0.05, 0) is 35.4 Å². The molecular weight excluding hydrogens is 392 g/mol. The quantitative estimate of drug-likeness (QED) is 0.646. The summed E-state index contributed by atoms with van der Waals surface area (Å²) >= 11 is 0. The number of rotatable bonds is 4. The van der Waals surface area contributed by atoms with Crippen molar-refractivity contribution in [2.45, 2.75) is 6.42 Å². The Morgan fingerprint density at radius 3 is 2.03 bits per heavy atom. The number of amides is 2. The SMILES string of the molecule is COc1cc(OC)cc(C(=O)N2CCCN(C(=O)c3cccc4ccccc34)CC2)c1. The average molecular weight is 418 g/mol. The summed E-state index contributed by atoms with van der Waals surface area (Å²) in [5.41, 5.74) is 1.22. The third kappa shape index (κ3) is 4.33. The first-order valence-corrected chi connectivity index (χ1v) is 10.4. The Kier molecular flexibility index (Phi) is 6.07. The molecule has 1 saturated heterocycles. The molecule has 0 atom stereocenters. The van der Waals surface area contributed by atoms with E-state index in [0.717, 1.165) is 17.2 Å². The molecule has 31 heavy (non-hydrogen) atoms. The largest absolute Gasteiger partial charge is 0.497 e. The lowest BCUT2D eigenvalue weighted by molar-refractivity contribution is 0.0719. The molecule has 0 unspecified atom stereocenters. The highest BCUT2D eigenvalue weighted by Crippen LogP contribution is 2.24. The summed E-state index contributed by atoms with van der Waals surface area (Å²) in [5.74, 6) is 1.07. The van der Waals surface area contributed by atoms with Crippen LogP contribution in [0.15, 0.2) is 60.7 Å². The van der Waals surface area contributed by atoms with Gasteiger partial charge in [-0.1, -0.05) is 36.4 Å². The van der Waals surface area contributed by atoms with E-state index in [4.69, 9.17) is 9.47 Å². The number of hydrogen-bond donors (Lipinski definition) is 0. The molecule has 0 radical (unpaired) electrons. The van der Waals surface area contributed by atoms with Gasteiger partial charge in [-0.3, -0.25) is 9.59 Å². The van der Waals surface area contributed by atoms with Crippen LogP contribution in [-0.2, 0) is 0 Å². The molecule has 1 fully saturated rings. The maximum atomic E-state index is 13.3. The molecule has 1 aliphatic heterocycles. The van der Waals surface area contributed by atoms with Gasteiger partial charge < -0.3 is 19.3 Å². The fourth-order valence-corrected chi connectivity index (χ4v) is 4.02. The molecule has 2 amide bonds. The van der Waals surface area contributed by atoms with E-state index in [9.17, 15) is 9.59 Å². The van der Waals surface area contributed by atoms with Crippen LogP contribution in [-0.4, -0.2) is 62.0 Å². The van der Waals surface area contributed by atoms with Gasteiger partial charge in [0.25, 0.3) is 11.8 Å². The second kappa shape index (κ2) is 9.08. The molecule has 0 aromatic heterocycles. The smallest absolute Gasteiger partial charge is 0.254 e. The van der Waals surface area contributed by atoms with Crippen LogP contribution < -0.4 is 9.47 Å². The summed E-state index contributed by atoms with van der Waals surface area (Å²) in [6, 6.07) is 18.9. The van der Waals surface area contributed by atoms with Crippen molar-refractivity contribution in [2.24, 2.45) is 0 Å². The van der Waals surface area contributed by atoms with E-state index in [2.05, 4.69) is 0 Å². The van der Waals surface area contributed by atoms with Crippen LogP contribution in [0, 0.1) is 0 Å². The topological polar surface area (TPSA) is 59.1 Å². The van der Waals surface area contributed by atoms with E-state index in [-0.39, 0.29) is 11.8 Å². The lowest BCUT2D eigenvalue weighted by Gasteiger charge is -2.23. The van der Waals surface area contributed by atoms with Crippen LogP contribution in [0.2, 0.25) is 0 Å². The summed E-state index contributed by atoms with van der Waals surface area (Å²) in [7, 11) is 3.12. The zero-order valence-electron chi connectivity index (χ0n) is 17.8. The van der Waals surface area contributed by atoms with Crippen molar-refractivity contribution < 1.29 is 19.1 Å². The molecule has 3 aromatic carbocycles. The van der Waals surface area contributed by atoms with Crippen molar-refractivity contribution in [3.05, 3.63) is 71.8 Å². The van der Waals surface area contributed by atoms with E-state index in [0.29, 0.717) is 48.8 Å². The van der Waals surface area contributed by atoms with E-state index < -0.39 is 0 Å². The summed E-state index contributed by atoms with van der Waals surface area (Å²) in [5, 5.41) is 2.00. The first kappa shape index (κ1) is 20.7. The number of hydrogen-bond acceptors (Lipinski definition) is 4. The summed E-state index contributed by atoms with van der Waals surface area (Å²) in [6.45, 7) is 2.19. The highest BCUT2D eigenvalue weighted by Gasteiger charge is 2.25. The molecule has 4 rings (SSSR count). The van der Waals surface area contributed by atoms with Crippen LogP contribution >= 0.6 is 0 Å². The van der Waals surface area contributed by atoms with Crippen LogP contribution in [0.5, 0.6) is 11.5 Å². The minimum Gasteiger partial charge on any atom is -0.497 e. The van der Waals surface area contributed by atoms with Crippen molar-refractivity contribution in [1.29, 1.82) is 0 Å². The molecule has 0 bridgehead atoms. The fourth-order valence-electron chi connectivity index (χ4n) is 4.02. The molecule has 0 saturated carbocycles. The predicted molar refractivity (Wildman–Crippen MR) is 120 cm³/mol. The van der Waals surface area contributed by atoms with Gasteiger partial charge in [0.1, 0.15) is 11.5 Å². The zero-order valence-corrected chi connectivity index (χ0v) is 17.8. The van der Waals surface area contributed by atoms with E-state index >= 15 is 0 Å². The van der Waals surface area contributed by atoms with E-state index in [1.807, 2.05) is 47.4 Å². The minimum absolute atomic E-state index is 0.00847. The Balaban J connectivity index is 1.51. The van der Waals surface area contributed by atoms with Crippen molar-refractivity contribution in [1.82, 2.24) is 9.80 Å². The van der Waals surface area contributed by atoms with Gasteiger partial charge in [-0.25, -0.2) is 0 Å². The molecule has 0 N–H and O–H groups in total. The maximum Gasteiger partial charge on any atom is 0.254 e. The fraction of sp³-hybridized carbons (Fsp3) is 0.280. The summed E-state index contributed by atoms with van der Waals surface area (Å²) < 4.78 is 10.6. The minimum atomic E-state index is -0.0864. The Hall–Kier alpha value is -3.54. The highest BCUT2D eigenvalue weighted by molar-refractivity contribution is 6.07. The normalized spacial score (nSPS) is 14.3. The van der Waals surface area contributed by atoms with Gasteiger partial charge >= 0.3 is 0 Å². The summed E-state index contributed by atoms with van der Waals surface area (Å²) in [4.78, 5) is 30.0. The number of nitrogens with zero attached hydrogens (tertiary/aromatic N) is 2. The maximum absolute atomic E-state index is 13.3. The van der Waals surface area contributed by atoms with Crippen molar-refractivity contribution >= 4 is 22.6 Å². The Morgan fingerprint density at radius 1 is 0.742 bits per heavy atom. The van der Waals surface area contributed by atoms with Gasteiger partial charge in [0, 0.05) is 43.4 Å². The number of carbonyl (C=O) groups excluding carboxylic acids is 2. The molecule has 0 aliphatic carbocycles. The first-order chi connectivity index (χ1) is 15.1. The third-order valence-corrected chi connectivity index (χ3v) is 5.69. The van der Waals surface area contributed by atoms with Gasteiger partial charge in [-0.2, -0.15) is 0 Å². The molecule has 6 heteroatoms. The average Bonchev–Trinajstić information content (AvgIpc) is 3.08. The zero-order chi connectivity index (χ0) is 21.8. The third-order valence-electron chi connectivity index (χ3n) is 5.69. The van der Waals surface area contributed by atoms with Crippen LogP contribution in [0.3, 0.4) is 0 Å². The van der Waals surface area contributed by atoms with Crippen LogP contribution in [0.1, 0.15) is 27.1 Å². The Bertz CT molecular complexity index is 1080.